The topological polar surface area (TPSA) is 78.3 Å². The summed E-state index contributed by atoms with van der Waals surface area (Å²) in [7, 11) is 3.14. The predicted octanol–water partition coefficient (Wildman–Crippen LogP) is 4.76. The van der Waals surface area contributed by atoms with Crippen LogP contribution in [0.3, 0.4) is 0 Å². The molecular weight excluding hydrogens is 400 g/mol. The first-order valence-electron chi connectivity index (χ1n) is 9.50. The first-order valence-corrected chi connectivity index (χ1v) is 10.3. The van der Waals surface area contributed by atoms with Crippen molar-refractivity contribution in [3.63, 3.8) is 0 Å². The first-order chi connectivity index (χ1) is 14.5. The maximum absolute atomic E-state index is 13.0. The van der Waals surface area contributed by atoms with Gasteiger partial charge in [-0.1, -0.05) is 0 Å². The molecule has 0 saturated heterocycles. The van der Waals surface area contributed by atoms with Crippen molar-refractivity contribution in [2.45, 2.75) is 20.4 Å². The lowest BCUT2D eigenvalue weighted by molar-refractivity contribution is 0.102. The highest BCUT2D eigenvalue weighted by atomic mass is 32.1. The number of hydrogen-bond donors (Lipinski definition) is 1. The Morgan fingerprint density at radius 3 is 2.80 bits per heavy atom. The third kappa shape index (κ3) is 3.50. The molecular formula is C22H22N4O3S. The molecule has 4 aromatic rings. The number of amides is 1. The summed E-state index contributed by atoms with van der Waals surface area (Å²) >= 11 is 1.37. The smallest absolute Gasteiger partial charge is 0.267 e. The number of pyridine rings is 1. The predicted molar refractivity (Wildman–Crippen MR) is 119 cm³/mol. The molecule has 0 atom stereocenters. The van der Waals surface area contributed by atoms with Gasteiger partial charge in [0.2, 0.25) is 0 Å². The third-order valence-electron chi connectivity index (χ3n) is 4.86. The monoisotopic (exact) mass is 422 g/mol. The minimum atomic E-state index is -0.236. The number of fused-ring (bicyclic) bond motifs is 1. The van der Waals surface area contributed by atoms with Gasteiger partial charge in [0, 0.05) is 36.0 Å². The van der Waals surface area contributed by atoms with Crippen LogP contribution >= 0.6 is 11.3 Å². The molecule has 0 fully saturated rings. The molecule has 0 unspecified atom stereocenters. The second-order valence-electron chi connectivity index (χ2n) is 6.66. The van der Waals surface area contributed by atoms with Gasteiger partial charge in [0.05, 0.1) is 25.6 Å². The van der Waals surface area contributed by atoms with Crippen LogP contribution in [0.4, 0.5) is 5.69 Å². The summed E-state index contributed by atoms with van der Waals surface area (Å²) in [6.07, 6.45) is 3.83. The second-order valence-corrected chi connectivity index (χ2v) is 7.66. The molecule has 0 spiro atoms. The second kappa shape index (κ2) is 8.16. The summed E-state index contributed by atoms with van der Waals surface area (Å²) in [5.74, 6) is 0.955. The molecule has 3 heterocycles. The number of methoxy groups -OCH3 is 2. The van der Waals surface area contributed by atoms with Gasteiger partial charge in [-0.25, -0.2) is 9.97 Å². The van der Waals surface area contributed by atoms with E-state index in [-0.39, 0.29) is 5.91 Å². The van der Waals surface area contributed by atoms with E-state index in [1.165, 1.54) is 11.3 Å². The zero-order chi connectivity index (χ0) is 21.3. The molecule has 3 aromatic heterocycles. The van der Waals surface area contributed by atoms with Gasteiger partial charge in [0.1, 0.15) is 27.0 Å². The fraction of sp³-hybridized carbons (Fsp3) is 0.227. The Morgan fingerprint density at radius 1 is 1.23 bits per heavy atom. The molecule has 0 radical (unpaired) electrons. The van der Waals surface area contributed by atoms with Crippen LogP contribution in [0.2, 0.25) is 0 Å². The van der Waals surface area contributed by atoms with E-state index in [2.05, 4.69) is 26.8 Å². The summed E-state index contributed by atoms with van der Waals surface area (Å²) < 4.78 is 12.7. The molecule has 1 aromatic carbocycles. The van der Waals surface area contributed by atoms with Crippen molar-refractivity contribution in [3.05, 3.63) is 53.3 Å². The summed E-state index contributed by atoms with van der Waals surface area (Å²) in [6.45, 7) is 4.72. The lowest BCUT2D eigenvalue weighted by Gasteiger charge is -2.11. The van der Waals surface area contributed by atoms with Crippen molar-refractivity contribution in [3.8, 4) is 22.1 Å². The van der Waals surface area contributed by atoms with Gasteiger partial charge in [0.15, 0.2) is 0 Å². The van der Waals surface area contributed by atoms with Crippen molar-refractivity contribution in [1.82, 2.24) is 14.5 Å². The van der Waals surface area contributed by atoms with E-state index in [1.807, 2.05) is 25.3 Å². The van der Waals surface area contributed by atoms with E-state index in [0.29, 0.717) is 27.8 Å². The Kier molecular flexibility index (Phi) is 5.41. The number of aryl methyl sites for hydroxylation is 2. The molecule has 0 bridgehead atoms. The zero-order valence-corrected chi connectivity index (χ0v) is 18.0. The number of rotatable bonds is 6. The largest absolute Gasteiger partial charge is 0.497 e. The average molecular weight is 423 g/mol. The molecule has 1 N–H and O–H groups in total. The maximum atomic E-state index is 13.0. The molecule has 1 amide bonds. The van der Waals surface area contributed by atoms with Gasteiger partial charge in [-0.2, -0.15) is 0 Å². The SMILES string of the molecule is CCn1cc(-c2nc(C)c(C(=O)Nc3cc(OC)ccc3OC)s2)c2cccnc21. The zero-order valence-electron chi connectivity index (χ0n) is 17.2. The summed E-state index contributed by atoms with van der Waals surface area (Å²) in [5.41, 5.74) is 3.11. The lowest BCUT2D eigenvalue weighted by atomic mass is 10.2. The Bertz CT molecular complexity index is 1230. The van der Waals surface area contributed by atoms with Crippen molar-refractivity contribution in [2.24, 2.45) is 0 Å². The van der Waals surface area contributed by atoms with E-state index in [9.17, 15) is 4.79 Å². The number of benzene rings is 1. The lowest BCUT2D eigenvalue weighted by Crippen LogP contribution is -2.12. The number of carbonyl (C=O) groups excluding carboxylic acids is 1. The molecule has 154 valence electrons. The number of hydrogen-bond acceptors (Lipinski definition) is 6. The Hall–Kier alpha value is -3.39. The van der Waals surface area contributed by atoms with Gasteiger partial charge in [-0.3, -0.25) is 4.79 Å². The maximum Gasteiger partial charge on any atom is 0.267 e. The molecule has 0 aliphatic rings. The van der Waals surface area contributed by atoms with E-state index < -0.39 is 0 Å². The third-order valence-corrected chi connectivity index (χ3v) is 6.05. The van der Waals surface area contributed by atoms with Crippen LogP contribution in [0.5, 0.6) is 11.5 Å². The van der Waals surface area contributed by atoms with Crippen LogP contribution in [0.1, 0.15) is 22.3 Å². The highest BCUT2D eigenvalue weighted by Crippen LogP contribution is 2.35. The number of nitrogens with one attached hydrogen (secondary N) is 1. The highest BCUT2D eigenvalue weighted by molar-refractivity contribution is 7.17. The Balaban J connectivity index is 1.70. The van der Waals surface area contributed by atoms with Gasteiger partial charge in [0.25, 0.3) is 5.91 Å². The minimum Gasteiger partial charge on any atom is -0.497 e. The van der Waals surface area contributed by atoms with Crippen molar-refractivity contribution < 1.29 is 14.3 Å². The van der Waals surface area contributed by atoms with Gasteiger partial charge < -0.3 is 19.4 Å². The number of ether oxygens (including phenoxy) is 2. The van der Waals surface area contributed by atoms with Crippen LogP contribution in [0.15, 0.2) is 42.7 Å². The Labute approximate surface area is 178 Å². The van der Waals surface area contributed by atoms with Crippen molar-refractivity contribution in [2.75, 3.05) is 19.5 Å². The van der Waals surface area contributed by atoms with Crippen molar-refractivity contribution in [1.29, 1.82) is 0 Å². The number of nitrogens with zero attached hydrogens (tertiary/aromatic N) is 3. The summed E-state index contributed by atoms with van der Waals surface area (Å²) in [6, 6.07) is 9.21. The molecule has 8 heteroatoms. The molecule has 0 saturated carbocycles. The molecule has 0 aliphatic carbocycles. The molecule has 4 rings (SSSR count). The highest BCUT2D eigenvalue weighted by Gasteiger charge is 2.20. The fourth-order valence-corrected chi connectivity index (χ4v) is 4.33. The van der Waals surface area contributed by atoms with Crippen LogP contribution < -0.4 is 14.8 Å². The van der Waals surface area contributed by atoms with Crippen molar-refractivity contribution >= 4 is 34.0 Å². The first kappa shape index (κ1) is 19.9. The number of thiazole rings is 1. The number of anilines is 1. The van der Waals surface area contributed by atoms with Gasteiger partial charge in [-0.15, -0.1) is 11.3 Å². The van der Waals surface area contributed by atoms with Crippen LogP contribution in [0, 0.1) is 6.92 Å². The standard InChI is InChI=1S/C22H22N4O3S/c1-5-26-12-16(15-7-6-10-23-20(15)26)22-24-13(2)19(30-22)21(27)25-17-11-14(28-3)8-9-18(17)29-4/h6-12H,5H2,1-4H3,(H,25,27). The van der Waals surface area contributed by atoms with Crippen LogP contribution in [-0.4, -0.2) is 34.7 Å². The van der Waals surface area contributed by atoms with Crippen LogP contribution in [-0.2, 0) is 6.54 Å². The number of carbonyl (C=O) groups is 1. The van der Waals surface area contributed by atoms with E-state index in [4.69, 9.17) is 9.47 Å². The summed E-state index contributed by atoms with van der Waals surface area (Å²) in [5, 5.41) is 4.74. The van der Waals surface area contributed by atoms with E-state index in [1.54, 1.807) is 38.6 Å². The summed E-state index contributed by atoms with van der Waals surface area (Å²) in [4.78, 5) is 22.7. The average Bonchev–Trinajstić information content (AvgIpc) is 3.34. The fourth-order valence-electron chi connectivity index (χ4n) is 3.35. The minimum absolute atomic E-state index is 0.236. The van der Waals surface area contributed by atoms with Crippen LogP contribution in [0.25, 0.3) is 21.6 Å². The van der Waals surface area contributed by atoms with Gasteiger partial charge >= 0.3 is 0 Å². The quantitative estimate of drug-likeness (QED) is 0.485. The number of aromatic nitrogens is 3. The molecule has 7 nitrogen and oxygen atoms in total. The molecule has 0 aliphatic heterocycles. The van der Waals surface area contributed by atoms with Gasteiger partial charge in [-0.05, 0) is 38.1 Å². The normalized spacial score (nSPS) is 10.9. The van der Waals surface area contributed by atoms with E-state index >= 15 is 0 Å². The van der Waals surface area contributed by atoms with E-state index in [0.717, 1.165) is 28.1 Å². The Morgan fingerprint density at radius 2 is 2.07 bits per heavy atom. The molecule has 30 heavy (non-hydrogen) atoms.